The van der Waals surface area contributed by atoms with Crippen LogP contribution in [0.1, 0.15) is 51.4 Å². The summed E-state index contributed by atoms with van der Waals surface area (Å²) in [4.78, 5) is 37.9. The highest BCUT2D eigenvalue weighted by atomic mass is 16.4. The van der Waals surface area contributed by atoms with Gasteiger partial charge in [0, 0.05) is 6.54 Å². The van der Waals surface area contributed by atoms with Gasteiger partial charge >= 0.3 is 5.97 Å². The van der Waals surface area contributed by atoms with Gasteiger partial charge in [-0.2, -0.15) is 0 Å². The van der Waals surface area contributed by atoms with Gasteiger partial charge in [-0.05, 0) is 58.0 Å². The van der Waals surface area contributed by atoms with Gasteiger partial charge in [-0.25, -0.2) is 4.79 Å². The molecule has 0 bridgehead atoms. The van der Waals surface area contributed by atoms with Gasteiger partial charge in [-0.15, -0.1) is 0 Å². The largest absolute Gasteiger partial charge is 0.480 e. The number of amides is 2. The van der Waals surface area contributed by atoms with E-state index in [0.717, 1.165) is 19.3 Å². The molecule has 150 valence electrons. The zero-order chi connectivity index (χ0) is 19.5. The van der Waals surface area contributed by atoms with Crippen molar-refractivity contribution in [3.8, 4) is 0 Å². The van der Waals surface area contributed by atoms with Gasteiger partial charge < -0.3 is 32.5 Å². The second kappa shape index (κ2) is 11.8. The number of hydrogen-bond donors (Lipinski definition) is 5. The van der Waals surface area contributed by atoms with Crippen molar-refractivity contribution < 1.29 is 19.5 Å². The predicted octanol–water partition coefficient (Wildman–Crippen LogP) is -0.868. The van der Waals surface area contributed by atoms with E-state index >= 15 is 0 Å². The normalized spacial score (nSPS) is 19.2. The lowest BCUT2D eigenvalue weighted by Crippen LogP contribution is -2.54. The van der Waals surface area contributed by atoms with Crippen LogP contribution in [-0.4, -0.2) is 65.5 Å². The summed E-state index contributed by atoms with van der Waals surface area (Å²) in [5.74, 6) is -1.75. The first-order valence-electron chi connectivity index (χ1n) is 9.41. The van der Waals surface area contributed by atoms with Gasteiger partial charge in [0.25, 0.3) is 0 Å². The molecule has 8 N–H and O–H groups in total. The van der Waals surface area contributed by atoms with Gasteiger partial charge in [0.1, 0.15) is 12.1 Å². The third-order valence-electron chi connectivity index (χ3n) is 4.69. The van der Waals surface area contributed by atoms with E-state index in [1.54, 1.807) is 0 Å². The summed E-state index contributed by atoms with van der Waals surface area (Å²) in [5, 5.41) is 12.0. The molecule has 26 heavy (non-hydrogen) atoms. The Hall–Kier alpha value is -1.71. The third-order valence-corrected chi connectivity index (χ3v) is 4.69. The second-order valence-electron chi connectivity index (χ2n) is 6.76. The Bertz CT molecular complexity index is 474. The second-order valence-corrected chi connectivity index (χ2v) is 6.76. The molecule has 3 atom stereocenters. The minimum Gasteiger partial charge on any atom is -0.480 e. The molecule has 1 saturated heterocycles. The Kier molecular flexibility index (Phi) is 10.2. The van der Waals surface area contributed by atoms with Crippen LogP contribution in [0, 0.1) is 0 Å². The van der Waals surface area contributed by atoms with Crippen molar-refractivity contribution in [3.63, 3.8) is 0 Å². The number of aliphatic carboxylic acids is 1. The van der Waals surface area contributed by atoms with E-state index in [-0.39, 0.29) is 11.8 Å². The maximum atomic E-state index is 12.8. The summed E-state index contributed by atoms with van der Waals surface area (Å²) in [5.41, 5.74) is 16.8. The van der Waals surface area contributed by atoms with Crippen molar-refractivity contribution in [2.45, 2.75) is 69.5 Å². The van der Waals surface area contributed by atoms with Crippen molar-refractivity contribution >= 4 is 17.8 Å². The zero-order valence-corrected chi connectivity index (χ0v) is 15.4. The molecule has 9 nitrogen and oxygen atoms in total. The summed E-state index contributed by atoms with van der Waals surface area (Å²) in [7, 11) is 0. The van der Waals surface area contributed by atoms with Crippen LogP contribution in [0.25, 0.3) is 0 Å². The van der Waals surface area contributed by atoms with Crippen LogP contribution in [-0.2, 0) is 14.4 Å². The lowest BCUT2D eigenvalue weighted by molar-refractivity contribution is -0.149. The predicted molar refractivity (Wildman–Crippen MR) is 98.1 cm³/mol. The fourth-order valence-electron chi connectivity index (χ4n) is 3.16. The van der Waals surface area contributed by atoms with Gasteiger partial charge in [-0.3, -0.25) is 9.59 Å². The molecule has 1 rings (SSSR count). The zero-order valence-electron chi connectivity index (χ0n) is 15.4. The van der Waals surface area contributed by atoms with E-state index in [4.69, 9.17) is 17.2 Å². The van der Waals surface area contributed by atoms with E-state index in [0.29, 0.717) is 51.7 Å². The topological polar surface area (TPSA) is 165 Å². The van der Waals surface area contributed by atoms with Crippen LogP contribution < -0.4 is 22.5 Å². The number of carboxylic acids is 1. The summed E-state index contributed by atoms with van der Waals surface area (Å²) in [6, 6.07) is -2.30. The molecule has 0 radical (unpaired) electrons. The van der Waals surface area contributed by atoms with Crippen LogP contribution in [0.2, 0.25) is 0 Å². The van der Waals surface area contributed by atoms with Gasteiger partial charge in [0.15, 0.2) is 0 Å². The average molecular weight is 371 g/mol. The highest BCUT2D eigenvalue weighted by Gasteiger charge is 2.37. The van der Waals surface area contributed by atoms with E-state index < -0.39 is 24.1 Å². The lowest BCUT2D eigenvalue weighted by Gasteiger charge is -2.28. The fourth-order valence-corrected chi connectivity index (χ4v) is 3.16. The van der Waals surface area contributed by atoms with Gasteiger partial charge in [0.05, 0.1) is 6.04 Å². The van der Waals surface area contributed by atoms with Crippen molar-refractivity contribution in [2.75, 3.05) is 19.6 Å². The monoisotopic (exact) mass is 371 g/mol. The van der Waals surface area contributed by atoms with Crippen molar-refractivity contribution in [1.82, 2.24) is 10.2 Å². The molecule has 0 aromatic carbocycles. The first kappa shape index (κ1) is 22.3. The molecular formula is C17H33N5O4. The summed E-state index contributed by atoms with van der Waals surface area (Å²) < 4.78 is 0. The molecule has 0 aliphatic carbocycles. The van der Waals surface area contributed by atoms with Crippen LogP contribution in [0.5, 0.6) is 0 Å². The van der Waals surface area contributed by atoms with Crippen molar-refractivity contribution in [3.05, 3.63) is 0 Å². The van der Waals surface area contributed by atoms with Gasteiger partial charge in [0.2, 0.25) is 11.8 Å². The smallest absolute Gasteiger partial charge is 0.326 e. The number of likely N-dealkylation sites (tertiary alicyclic amines) is 1. The van der Waals surface area contributed by atoms with Crippen LogP contribution in [0.4, 0.5) is 0 Å². The third kappa shape index (κ3) is 6.89. The SMILES string of the molecule is NCCCC[C@H](NC(=O)[C@@H](N)CCCCN)C(=O)N1CCC[C@H]1C(=O)O. The Labute approximate surface area is 154 Å². The average Bonchev–Trinajstić information content (AvgIpc) is 3.10. The number of carboxylic acid groups (broad SMARTS) is 1. The summed E-state index contributed by atoms with van der Waals surface area (Å²) in [6.45, 7) is 1.43. The van der Waals surface area contributed by atoms with Crippen molar-refractivity contribution in [1.29, 1.82) is 0 Å². The van der Waals surface area contributed by atoms with Crippen LogP contribution >= 0.6 is 0 Å². The summed E-state index contributed by atoms with van der Waals surface area (Å²) in [6.07, 6.45) is 4.91. The number of rotatable bonds is 12. The number of carbonyl (C=O) groups excluding carboxylic acids is 2. The molecule has 0 aromatic rings. The molecule has 1 heterocycles. The molecule has 1 fully saturated rings. The minimum absolute atomic E-state index is 0.352. The number of unbranched alkanes of at least 4 members (excludes halogenated alkanes) is 2. The lowest BCUT2D eigenvalue weighted by atomic mass is 10.1. The first-order valence-corrected chi connectivity index (χ1v) is 9.41. The molecule has 1 aliphatic heterocycles. The number of nitrogens with two attached hydrogens (primary N) is 3. The number of hydrogen-bond acceptors (Lipinski definition) is 6. The van der Waals surface area contributed by atoms with Crippen molar-refractivity contribution in [2.24, 2.45) is 17.2 Å². The Morgan fingerprint density at radius 1 is 1.08 bits per heavy atom. The first-order chi connectivity index (χ1) is 12.4. The molecule has 2 amide bonds. The fraction of sp³-hybridized carbons (Fsp3) is 0.824. The number of nitrogens with zero attached hydrogens (tertiary/aromatic N) is 1. The number of carbonyl (C=O) groups is 3. The molecule has 9 heteroatoms. The van der Waals surface area contributed by atoms with E-state index in [1.165, 1.54) is 4.90 Å². The highest BCUT2D eigenvalue weighted by molar-refractivity contribution is 5.92. The highest BCUT2D eigenvalue weighted by Crippen LogP contribution is 2.20. The van der Waals surface area contributed by atoms with Gasteiger partial charge in [-0.1, -0.05) is 6.42 Å². The Morgan fingerprint density at radius 2 is 1.69 bits per heavy atom. The van der Waals surface area contributed by atoms with E-state index in [9.17, 15) is 19.5 Å². The molecule has 0 aromatic heterocycles. The van der Waals surface area contributed by atoms with Crippen LogP contribution in [0.3, 0.4) is 0 Å². The quantitative estimate of drug-likeness (QED) is 0.278. The van der Waals surface area contributed by atoms with E-state index in [1.807, 2.05) is 0 Å². The van der Waals surface area contributed by atoms with E-state index in [2.05, 4.69) is 5.32 Å². The minimum atomic E-state index is -1.01. The number of nitrogens with one attached hydrogen (secondary N) is 1. The molecule has 1 aliphatic rings. The Morgan fingerprint density at radius 3 is 2.27 bits per heavy atom. The maximum absolute atomic E-state index is 12.8. The molecule has 0 unspecified atom stereocenters. The summed E-state index contributed by atoms with van der Waals surface area (Å²) >= 11 is 0. The molecular weight excluding hydrogens is 338 g/mol. The Balaban J connectivity index is 2.72. The molecule has 0 spiro atoms. The maximum Gasteiger partial charge on any atom is 0.326 e. The standard InChI is InChI=1S/C17H33N5O4/c18-9-3-1-6-12(20)15(23)21-13(7-2-4-10-19)16(24)22-11-5-8-14(22)17(25)26/h12-14H,1-11,18-20H2,(H,21,23)(H,25,26)/t12-,13-,14-/m0/s1. The van der Waals surface area contributed by atoms with Crippen LogP contribution in [0.15, 0.2) is 0 Å². The molecule has 0 saturated carbocycles.